The van der Waals surface area contributed by atoms with Crippen molar-refractivity contribution in [1.82, 2.24) is 20.2 Å². The summed E-state index contributed by atoms with van der Waals surface area (Å²) in [7, 11) is 0. The molecule has 0 aromatic carbocycles. The van der Waals surface area contributed by atoms with E-state index in [2.05, 4.69) is 21.4 Å². The second-order valence-corrected chi connectivity index (χ2v) is 11.9. The molecular weight excluding hydrogens is 500 g/mol. The minimum Gasteiger partial charge on any atom is -0.367 e. The molecule has 2 aliphatic heterocycles. The highest BCUT2D eigenvalue weighted by atomic mass is 35.5. The van der Waals surface area contributed by atoms with Gasteiger partial charge in [-0.05, 0) is 43.4 Å². The maximum atomic E-state index is 13.7. The third kappa shape index (κ3) is 4.30. The summed E-state index contributed by atoms with van der Waals surface area (Å²) in [6.07, 6.45) is 9.66. The summed E-state index contributed by atoms with van der Waals surface area (Å²) < 4.78 is 5.65. The molecule has 3 atom stereocenters. The molecule has 0 bridgehead atoms. The third-order valence-electron chi connectivity index (χ3n) is 8.04. The zero-order valence-electron chi connectivity index (χ0n) is 20.0. The number of Topliss-reactive ketones (excluding diaryl/α,β-unsaturated/α-hetero) is 2. The van der Waals surface area contributed by atoms with Crippen molar-refractivity contribution < 1.29 is 19.1 Å². The highest BCUT2D eigenvalue weighted by Gasteiger charge is 2.58. The lowest BCUT2D eigenvalue weighted by Gasteiger charge is -2.45. The molecule has 2 saturated heterocycles. The van der Waals surface area contributed by atoms with Crippen LogP contribution < -0.4 is 5.32 Å². The van der Waals surface area contributed by atoms with Gasteiger partial charge >= 0.3 is 0 Å². The van der Waals surface area contributed by atoms with Crippen molar-refractivity contribution in [2.24, 2.45) is 0 Å². The summed E-state index contributed by atoms with van der Waals surface area (Å²) in [5, 5.41) is 2.79. The Morgan fingerprint density at radius 2 is 2.03 bits per heavy atom. The number of nitrogens with zero attached hydrogens (tertiary/aromatic N) is 3. The molecule has 0 unspecified atom stereocenters. The Kier molecular flexibility index (Phi) is 6.44. The number of alkyl halides is 1. The molecule has 1 amide bonds. The number of amides is 1. The molecular formula is C26H29ClN4O4S. The summed E-state index contributed by atoms with van der Waals surface area (Å²) in [4.78, 5) is 50.9. The summed E-state index contributed by atoms with van der Waals surface area (Å²) >= 11 is 7.85. The first-order valence-electron chi connectivity index (χ1n) is 12.7. The van der Waals surface area contributed by atoms with E-state index in [4.69, 9.17) is 16.3 Å². The number of rotatable bonds is 7. The van der Waals surface area contributed by atoms with Crippen molar-refractivity contribution in [3.05, 3.63) is 35.2 Å². The van der Waals surface area contributed by atoms with Gasteiger partial charge in [0.25, 0.3) is 5.91 Å². The van der Waals surface area contributed by atoms with E-state index in [0.717, 1.165) is 35.4 Å². The van der Waals surface area contributed by atoms with Gasteiger partial charge in [-0.2, -0.15) is 0 Å². The molecule has 2 aromatic heterocycles. The highest BCUT2D eigenvalue weighted by Crippen LogP contribution is 2.43. The van der Waals surface area contributed by atoms with E-state index in [1.165, 1.54) is 24.2 Å². The number of nitrogens with one attached hydrogen (secondary N) is 1. The average Bonchev–Trinajstić information content (AvgIpc) is 3.35. The van der Waals surface area contributed by atoms with Gasteiger partial charge in [0.1, 0.15) is 12.6 Å². The van der Waals surface area contributed by atoms with E-state index in [9.17, 15) is 14.4 Å². The molecule has 4 aliphatic rings. The Balaban J connectivity index is 1.16. The van der Waals surface area contributed by atoms with Gasteiger partial charge < -0.3 is 10.1 Å². The minimum atomic E-state index is -0.800. The van der Waals surface area contributed by atoms with Gasteiger partial charge in [-0.15, -0.1) is 22.9 Å². The van der Waals surface area contributed by atoms with Gasteiger partial charge in [0, 0.05) is 30.6 Å². The summed E-state index contributed by atoms with van der Waals surface area (Å²) in [5.74, 6) is 0.0996. The quantitative estimate of drug-likeness (QED) is 0.550. The van der Waals surface area contributed by atoms with Crippen molar-refractivity contribution in [1.29, 1.82) is 0 Å². The number of aromatic nitrogens is 2. The van der Waals surface area contributed by atoms with Crippen LogP contribution in [0.1, 0.15) is 66.4 Å². The Labute approximate surface area is 218 Å². The van der Waals surface area contributed by atoms with Crippen LogP contribution in [0.4, 0.5) is 0 Å². The van der Waals surface area contributed by atoms with Crippen LogP contribution in [0.3, 0.4) is 0 Å². The summed E-state index contributed by atoms with van der Waals surface area (Å²) in [6, 6.07) is 3.52. The number of likely N-dealkylation sites (tertiary alicyclic amines) is 1. The van der Waals surface area contributed by atoms with Gasteiger partial charge in [0.05, 0.1) is 28.4 Å². The third-order valence-corrected chi connectivity index (χ3v) is 9.47. The Morgan fingerprint density at radius 3 is 2.81 bits per heavy atom. The minimum absolute atomic E-state index is 0.0128. The molecule has 8 nitrogen and oxygen atoms in total. The molecule has 4 fully saturated rings. The first-order valence-corrected chi connectivity index (χ1v) is 14.0. The molecule has 36 heavy (non-hydrogen) atoms. The lowest BCUT2D eigenvalue weighted by Crippen LogP contribution is -2.61. The van der Waals surface area contributed by atoms with Gasteiger partial charge in [0.15, 0.2) is 16.6 Å². The number of halogens is 1. The van der Waals surface area contributed by atoms with E-state index < -0.39 is 11.6 Å². The Bertz CT molecular complexity index is 1190. The lowest BCUT2D eigenvalue weighted by molar-refractivity contribution is -0.136. The van der Waals surface area contributed by atoms with Crippen LogP contribution >= 0.6 is 22.9 Å². The number of ketones is 2. The van der Waals surface area contributed by atoms with E-state index in [0.29, 0.717) is 30.3 Å². The topological polar surface area (TPSA) is 101 Å². The second-order valence-electron chi connectivity index (χ2n) is 10.3. The van der Waals surface area contributed by atoms with Gasteiger partial charge in [-0.25, -0.2) is 4.98 Å². The number of hydrogen-bond donors (Lipinski definition) is 1. The fourth-order valence-corrected chi connectivity index (χ4v) is 7.21. The Hall–Kier alpha value is -2.20. The number of thiazole rings is 1. The monoisotopic (exact) mass is 528 g/mol. The molecule has 4 heterocycles. The SMILES string of the molecule is O=C(NCC(=O)C1(N2C[C@H](Cl)[C@H]3OCC(=O)[C@H]32)CCCCC1)c1ncc(-c2ccnc(C3CC3)c2)s1. The smallest absolute Gasteiger partial charge is 0.280 e. The van der Waals surface area contributed by atoms with Crippen molar-refractivity contribution >= 4 is 40.4 Å². The van der Waals surface area contributed by atoms with Crippen molar-refractivity contribution in [3.63, 3.8) is 0 Å². The molecule has 1 N–H and O–H groups in total. The zero-order chi connectivity index (χ0) is 24.9. The van der Waals surface area contributed by atoms with Gasteiger partial charge in [0.2, 0.25) is 0 Å². The number of ether oxygens (including phenoxy) is 1. The average molecular weight is 529 g/mol. The highest BCUT2D eigenvalue weighted by molar-refractivity contribution is 7.17. The van der Waals surface area contributed by atoms with Crippen LogP contribution in [0.15, 0.2) is 24.5 Å². The van der Waals surface area contributed by atoms with E-state index in [1.807, 2.05) is 11.0 Å². The molecule has 2 aliphatic carbocycles. The van der Waals surface area contributed by atoms with Crippen molar-refractivity contribution in [2.45, 2.75) is 73.9 Å². The number of pyridine rings is 1. The van der Waals surface area contributed by atoms with Crippen LogP contribution in [-0.2, 0) is 14.3 Å². The van der Waals surface area contributed by atoms with Gasteiger partial charge in [-0.1, -0.05) is 19.3 Å². The first-order chi connectivity index (χ1) is 17.5. The zero-order valence-corrected chi connectivity index (χ0v) is 21.5. The second kappa shape index (κ2) is 9.59. The largest absolute Gasteiger partial charge is 0.367 e. The number of carbonyl (C=O) groups is 3. The van der Waals surface area contributed by atoms with Crippen LogP contribution in [0.2, 0.25) is 0 Å². The predicted molar refractivity (Wildman–Crippen MR) is 135 cm³/mol. The van der Waals surface area contributed by atoms with Crippen LogP contribution in [0, 0.1) is 0 Å². The van der Waals surface area contributed by atoms with E-state index in [-0.39, 0.29) is 42.1 Å². The normalized spacial score (nSPS) is 27.7. The Morgan fingerprint density at radius 1 is 1.22 bits per heavy atom. The van der Waals surface area contributed by atoms with E-state index in [1.54, 1.807) is 12.4 Å². The molecule has 10 heteroatoms. The van der Waals surface area contributed by atoms with Crippen LogP contribution in [-0.4, -0.2) is 75.1 Å². The molecule has 2 aromatic rings. The molecule has 6 rings (SSSR count). The molecule has 0 radical (unpaired) electrons. The number of carbonyl (C=O) groups excluding carboxylic acids is 3. The number of fused-ring (bicyclic) bond motifs is 1. The first kappa shape index (κ1) is 24.2. The van der Waals surface area contributed by atoms with Gasteiger partial charge in [-0.3, -0.25) is 24.3 Å². The van der Waals surface area contributed by atoms with Crippen LogP contribution in [0.5, 0.6) is 0 Å². The summed E-state index contributed by atoms with van der Waals surface area (Å²) in [5.41, 5.74) is 1.29. The predicted octanol–water partition coefficient (Wildman–Crippen LogP) is 3.34. The molecule has 190 valence electrons. The maximum Gasteiger partial charge on any atom is 0.280 e. The lowest BCUT2D eigenvalue weighted by atomic mass is 9.76. The standard InChI is InChI=1S/C26H29ClN4O4S/c27-17-13-31(22-19(32)14-35-23(17)22)26(7-2-1-3-8-26)21(33)12-29-24(34)25-30-11-20(36-25)16-6-9-28-18(10-16)15-4-5-15/h6,9-11,15,17,22-23H,1-5,7-8,12-14H2,(H,29,34)/t17-,22+,23+/m0/s1. The van der Waals surface area contributed by atoms with E-state index >= 15 is 0 Å². The van der Waals surface area contributed by atoms with Crippen LogP contribution in [0.25, 0.3) is 10.4 Å². The van der Waals surface area contributed by atoms with Crippen molar-refractivity contribution in [2.75, 3.05) is 19.7 Å². The van der Waals surface area contributed by atoms with Crippen molar-refractivity contribution in [3.8, 4) is 10.4 Å². The maximum absolute atomic E-state index is 13.7. The molecule has 0 spiro atoms. The summed E-state index contributed by atoms with van der Waals surface area (Å²) in [6.45, 7) is 0.375. The molecule has 2 saturated carbocycles. The number of hydrogen-bond acceptors (Lipinski definition) is 8. The fourth-order valence-electron chi connectivity index (χ4n) is 6.02. The fraction of sp³-hybridized carbons (Fsp3) is 0.577.